The molecular formula is C16H12BrF4N3O. The van der Waals surface area contributed by atoms with Gasteiger partial charge in [-0.2, -0.15) is 13.2 Å². The quantitative estimate of drug-likeness (QED) is 0.702. The third-order valence-corrected chi connectivity index (χ3v) is 4.38. The van der Waals surface area contributed by atoms with Crippen molar-refractivity contribution in [2.45, 2.75) is 25.6 Å². The highest BCUT2D eigenvalue weighted by Crippen LogP contribution is 2.28. The molecule has 0 saturated carbocycles. The van der Waals surface area contributed by atoms with Crippen molar-refractivity contribution in [2.75, 3.05) is 6.54 Å². The zero-order valence-corrected chi connectivity index (χ0v) is 14.4. The first-order chi connectivity index (χ1) is 11.7. The molecule has 9 heteroatoms. The van der Waals surface area contributed by atoms with Crippen molar-refractivity contribution in [3.63, 3.8) is 0 Å². The number of fused-ring (bicyclic) bond motifs is 1. The first-order valence-corrected chi connectivity index (χ1v) is 8.17. The topological polar surface area (TPSA) is 46.1 Å². The average molecular weight is 418 g/mol. The van der Waals surface area contributed by atoms with Gasteiger partial charge in [0.05, 0.1) is 12.1 Å². The minimum absolute atomic E-state index is 0.113. The summed E-state index contributed by atoms with van der Waals surface area (Å²) in [6, 6.07) is 4.34. The van der Waals surface area contributed by atoms with Gasteiger partial charge in [-0.1, -0.05) is 15.9 Å². The Bertz CT molecular complexity index is 826. The van der Waals surface area contributed by atoms with E-state index >= 15 is 0 Å². The van der Waals surface area contributed by atoms with Crippen molar-refractivity contribution in [3.05, 3.63) is 57.3 Å². The zero-order chi connectivity index (χ0) is 18.2. The number of halogens is 5. The molecule has 1 aromatic carbocycles. The number of aromatic nitrogens is 2. The van der Waals surface area contributed by atoms with Crippen LogP contribution in [0.1, 0.15) is 22.6 Å². The normalized spacial score (nSPS) is 14.4. The lowest BCUT2D eigenvalue weighted by Crippen LogP contribution is -2.37. The molecule has 1 aliphatic rings. The smallest absolute Gasteiger partial charge is 0.338 e. The number of carbonyl (C=O) groups is 1. The van der Waals surface area contributed by atoms with E-state index in [-0.39, 0.29) is 37.4 Å². The average Bonchev–Trinajstić information content (AvgIpc) is 2.56. The highest BCUT2D eigenvalue weighted by atomic mass is 79.9. The van der Waals surface area contributed by atoms with Gasteiger partial charge in [-0.05, 0) is 23.8 Å². The zero-order valence-electron chi connectivity index (χ0n) is 12.8. The van der Waals surface area contributed by atoms with E-state index in [0.29, 0.717) is 15.7 Å². The lowest BCUT2D eigenvalue weighted by molar-refractivity contribution is -0.145. The van der Waals surface area contributed by atoms with Gasteiger partial charge < -0.3 is 4.90 Å². The van der Waals surface area contributed by atoms with Crippen LogP contribution in [-0.2, 0) is 30.4 Å². The van der Waals surface area contributed by atoms with Crippen LogP contribution in [0, 0.1) is 5.82 Å². The molecule has 0 fully saturated rings. The van der Waals surface area contributed by atoms with Gasteiger partial charge in [0.1, 0.15) is 5.82 Å². The maximum absolute atomic E-state index is 13.8. The molecule has 2 heterocycles. The van der Waals surface area contributed by atoms with Crippen LogP contribution < -0.4 is 0 Å². The van der Waals surface area contributed by atoms with Gasteiger partial charge in [-0.25, -0.2) is 14.4 Å². The van der Waals surface area contributed by atoms with E-state index in [9.17, 15) is 22.4 Å². The number of benzene rings is 1. The van der Waals surface area contributed by atoms with Crippen molar-refractivity contribution in [1.82, 2.24) is 14.9 Å². The molecule has 1 aromatic heterocycles. The predicted molar refractivity (Wildman–Crippen MR) is 84.0 cm³/mol. The second kappa shape index (κ2) is 6.70. The number of hydrogen-bond acceptors (Lipinski definition) is 3. The summed E-state index contributed by atoms with van der Waals surface area (Å²) >= 11 is 3.23. The Balaban J connectivity index is 1.74. The van der Waals surface area contributed by atoms with Gasteiger partial charge in [0.15, 0.2) is 0 Å². The Morgan fingerprint density at radius 3 is 2.80 bits per heavy atom. The third-order valence-electron chi connectivity index (χ3n) is 3.89. The SMILES string of the molecule is O=C(Cc1cc(Br)ccc1F)N1CCc2nc(C(F)(F)F)ncc2C1. The van der Waals surface area contributed by atoms with E-state index in [1.54, 1.807) is 0 Å². The number of alkyl halides is 3. The molecule has 0 spiro atoms. The Hall–Kier alpha value is -2.03. The fourth-order valence-electron chi connectivity index (χ4n) is 2.62. The minimum Gasteiger partial charge on any atom is -0.338 e. The molecule has 0 atom stereocenters. The second-order valence-corrected chi connectivity index (χ2v) is 6.56. The third kappa shape index (κ3) is 3.97. The van der Waals surface area contributed by atoms with Crippen LogP contribution in [0.15, 0.2) is 28.9 Å². The number of amides is 1. The molecule has 132 valence electrons. The van der Waals surface area contributed by atoms with E-state index in [1.165, 1.54) is 23.1 Å². The van der Waals surface area contributed by atoms with Crippen LogP contribution in [0.5, 0.6) is 0 Å². The summed E-state index contributed by atoms with van der Waals surface area (Å²) in [6.45, 7) is 0.345. The summed E-state index contributed by atoms with van der Waals surface area (Å²) < 4.78 is 52.4. The van der Waals surface area contributed by atoms with Crippen molar-refractivity contribution < 1.29 is 22.4 Å². The molecule has 1 amide bonds. The van der Waals surface area contributed by atoms with Gasteiger partial charge in [-0.3, -0.25) is 4.79 Å². The van der Waals surface area contributed by atoms with Gasteiger partial charge in [0, 0.05) is 35.7 Å². The van der Waals surface area contributed by atoms with Gasteiger partial charge >= 0.3 is 6.18 Å². The number of carbonyl (C=O) groups excluding carboxylic acids is 1. The Labute approximate surface area is 149 Å². The number of rotatable bonds is 2. The largest absolute Gasteiger partial charge is 0.451 e. The van der Waals surface area contributed by atoms with Crippen molar-refractivity contribution >= 4 is 21.8 Å². The van der Waals surface area contributed by atoms with Gasteiger partial charge in [-0.15, -0.1) is 0 Å². The molecule has 0 aliphatic carbocycles. The monoisotopic (exact) mass is 417 g/mol. The molecule has 4 nitrogen and oxygen atoms in total. The highest BCUT2D eigenvalue weighted by molar-refractivity contribution is 9.10. The molecule has 1 aliphatic heterocycles. The summed E-state index contributed by atoms with van der Waals surface area (Å²) in [5.41, 5.74) is 1.02. The molecule has 0 saturated heterocycles. The van der Waals surface area contributed by atoms with Crippen LogP contribution in [0.2, 0.25) is 0 Å². The van der Waals surface area contributed by atoms with Gasteiger partial charge in [0.25, 0.3) is 0 Å². The van der Waals surface area contributed by atoms with Crippen LogP contribution in [0.3, 0.4) is 0 Å². The molecule has 2 aromatic rings. The molecule has 0 bridgehead atoms. The number of hydrogen-bond donors (Lipinski definition) is 0. The van der Waals surface area contributed by atoms with E-state index in [1.807, 2.05) is 0 Å². The molecule has 0 unspecified atom stereocenters. The first kappa shape index (κ1) is 17.8. The number of nitrogens with zero attached hydrogens (tertiary/aromatic N) is 3. The molecule has 25 heavy (non-hydrogen) atoms. The van der Waals surface area contributed by atoms with Crippen LogP contribution in [-0.4, -0.2) is 27.3 Å². The maximum Gasteiger partial charge on any atom is 0.451 e. The summed E-state index contributed by atoms with van der Waals surface area (Å²) in [5.74, 6) is -1.96. The van der Waals surface area contributed by atoms with Crippen LogP contribution >= 0.6 is 15.9 Å². The summed E-state index contributed by atoms with van der Waals surface area (Å²) in [7, 11) is 0. The highest BCUT2D eigenvalue weighted by Gasteiger charge is 2.36. The maximum atomic E-state index is 13.8. The Kier molecular flexibility index (Phi) is 4.77. The molecule has 0 N–H and O–H groups in total. The predicted octanol–water partition coefficient (Wildman–Crippen LogP) is 3.52. The van der Waals surface area contributed by atoms with Crippen molar-refractivity contribution in [3.8, 4) is 0 Å². The fourth-order valence-corrected chi connectivity index (χ4v) is 3.03. The van der Waals surface area contributed by atoms with Crippen LogP contribution in [0.25, 0.3) is 0 Å². The lowest BCUT2D eigenvalue weighted by atomic mass is 10.1. The summed E-state index contributed by atoms with van der Waals surface area (Å²) in [5, 5.41) is 0. The summed E-state index contributed by atoms with van der Waals surface area (Å²) in [4.78, 5) is 20.7. The molecule has 0 radical (unpaired) electrons. The first-order valence-electron chi connectivity index (χ1n) is 7.38. The van der Waals surface area contributed by atoms with Crippen molar-refractivity contribution in [2.24, 2.45) is 0 Å². The molecule has 3 rings (SSSR count). The van der Waals surface area contributed by atoms with E-state index in [4.69, 9.17) is 0 Å². The minimum atomic E-state index is -4.60. The van der Waals surface area contributed by atoms with Gasteiger partial charge in [0.2, 0.25) is 11.7 Å². The molecular weight excluding hydrogens is 406 g/mol. The summed E-state index contributed by atoms with van der Waals surface area (Å²) in [6.07, 6.45) is -3.42. The van der Waals surface area contributed by atoms with E-state index in [2.05, 4.69) is 25.9 Å². The van der Waals surface area contributed by atoms with Crippen LogP contribution in [0.4, 0.5) is 17.6 Å². The van der Waals surface area contributed by atoms with Crippen molar-refractivity contribution in [1.29, 1.82) is 0 Å². The Morgan fingerprint density at radius 1 is 1.32 bits per heavy atom. The Morgan fingerprint density at radius 2 is 2.08 bits per heavy atom. The van der Waals surface area contributed by atoms with E-state index in [0.717, 1.165) is 6.20 Å². The lowest BCUT2D eigenvalue weighted by Gasteiger charge is -2.28. The standard InChI is InChI=1S/C16H12BrF4N3O/c17-11-1-2-12(18)9(5-11)6-14(25)24-4-3-13-10(8-24)7-22-15(23-13)16(19,20)21/h1-2,5,7H,3-4,6,8H2. The second-order valence-electron chi connectivity index (χ2n) is 5.64. The fraction of sp³-hybridized carbons (Fsp3) is 0.312. The van der Waals surface area contributed by atoms with E-state index < -0.39 is 17.8 Å².